The summed E-state index contributed by atoms with van der Waals surface area (Å²) < 4.78 is 5.28. The van der Waals surface area contributed by atoms with Gasteiger partial charge in [-0.3, -0.25) is 0 Å². The lowest BCUT2D eigenvalue weighted by Gasteiger charge is -2.27. The van der Waals surface area contributed by atoms with Gasteiger partial charge in [0, 0.05) is 11.5 Å². The molecule has 0 radical (unpaired) electrons. The van der Waals surface area contributed by atoms with Crippen LogP contribution in [-0.2, 0) is 0 Å². The molecule has 2 aromatic carbocycles. The quantitative estimate of drug-likeness (QED) is 0.883. The molecule has 0 amide bonds. The maximum Gasteiger partial charge on any atom is 0.119 e. The van der Waals surface area contributed by atoms with Gasteiger partial charge < -0.3 is 10.1 Å². The maximum atomic E-state index is 5.28. The van der Waals surface area contributed by atoms with E-state index in [-0.39, 0.29) is 5.54 Å². The molecule has 0 spiro atoms. The summed E-state index contributed by atoms with van der Waals surface area (Å²) >= 11 is 0. The molecule has 1 heterocycles. The highest BCUT2D eigenvalue weighted by Gasteiger charge is 2.34. The van der Waals surface area contributed by atoms with E-state index in [2.05, 4.69) is 49.5 Å². The highest BCUT2D eigenvalue weighted by Crippen LogP contribution is 2.36. The number of methoxy groups -OCH3 is 1. The Bertz CT molecular complexity index is 603. The summed E-state index contributed by atoms with van der Waals surface area (Å²) in [6.45, 7) is 5.70. The van der Waals surface area contributed by atoms with Crippen molar-refractivity contribution >= 4 is 10.8 Å². The predicted octanol–water partition coefficient (Wildman–Crippen LogP) is 3.70. The molecule has 100 valence electrons. The Morgan fingerprint density at radius 3 is 2.53 bits per heavy atom. The number of ether oxygens (including phenoxy) is 1. The second-order valence-electron chi connectivity index (χ2n) is 5.96. The number of fused-ring (bicyclic) bond motifs is 1. The van der Waals surface area contributed by atoms with E-state index in [1.807, 2.05) is 6.07 Å². The van der Waals surface area contributed by atoms with Crippen LogP contribution in [-0.4, -0.2) is 19.2 Å². The van der Waals surface area contributed by atoms with E-state index in [1.54, 1.807) is 7.11 Å². The lowest BCUT2D eigenvalue weighted by atomic mass is 9.82. The lowest BCUT2D eigenvalue weighted by Crippen LogP contribution is -2.36. The van der Waals surface area contributed by atoms with Crippen LogP contribution in [0.25, 0.3) is 10.8 Å². The predicted molar refractivity (Wildman–Crippen MR) is 79.9 cm³/mol. The molecule has 1 unspecified atom stereocenters. The van der Waals surface area contributed by atoms with Gasteiger partial charge in [-0.15, -0.1) is 0 Å². The minimum atomic E-state index is 0.195. The maximum absolute atomic E-state index is 5.28. The van der Waals surface area contributed by atoms with E-state index in [0.717, 1.165) is 12.3 Å². The van der Waals surface area contributed by atoms with Crippen LogP contribution in [0.4, 0.5) is 0 Å². The van der Waals surface area contributed by atoms with E-state index in [1.165, 1.54) is 22.8 Å². The molecule has 1 saturated heterocycles. The van der Waals surface area contributed by atoms with Crippen molar-refractivity contribution in [2.45, 2.75) is 31.7 Å². The molecule has 1 aliphatic heterocycles. The van der Waals surface area contributed by atoms with Crippen molar-refractivity contribution in [1.29, 1.82) is 0 Å². The van der Waals surface area contributed by atoms with Gasteiger partial charge in [0.2, 0.25) is 0 Å². The summed E-state index contributed by atoms with van der Waals surface area (Å²) in [5.74, 6) is 1.52. The molecule has 0 aliphatic carbocycles. The molecule has 0 saturated carbocycles. The lowest BCUT2D eigenvalue weighted by molar-refractivity contribution is 0.411. The SMILES string of the molecule is COc1ccc2cc(C3CCNC3(C)C)ccc2c1. The molecule has 3 rings (SSSR count). The van der Waals surface area contributed by atoms with Crippen molar-refractivity contribution in [2.24, 2.45) is 0 Å². The van der Waals surface area contributed by atoms with Crippen LogP contribution >= 0.6 is 0 Å². The molecular weight excluding hydrogens is 234 g/mol. The molecule has 2 aromatic rings. The highest BCUT2D eigenvalue weighted by molar-refractivity contribution is 5.84. The average Bonchev–Trinajstić information content (AvgIpc) is 2.77. The molecule has 2 heteroatoms. The van der Waals surface area contributed by atoms with Crippen molar-refractivity contribution in [3.63, 3.8) is 0 Å². The van der Waals surface area contributed by atoms with Gasteiger partial charge in [-0.1, -0.05) is 24.3 Å². The Morgan fingerprint density at radius 2 is 1.84 bits per heavy atom. The normalized spacial score (nSPS) is 21.7. The van der Waals surface area contributed by atoms with Crippen LogP contribution in [0, 0.1) is 0 Å². The molecule has 19 heavy (non-hydrogen) atoms. The Balaban J connectivity index is 2.02. The third kappa shape index (κ3) is 2.21. The van der Waals surface area contributed by atoms with Crippen LogP contribution in [0.2, 0.25) is 0 Å². The smallest absolute Gasteiger partial charge is 0.119 e. The number of hydrogen-bond acceptors (Lipinski definition) is 2. The van der Waals surface area contributed by atoms with Crippen molar-refractivity contribution in [2.75, 3.05) is 13.7 Å². The van der Waals surface area contributed by atoms with E-state index in [9.17, 15) is 0 Å². The second-order valence-corrected chi connectivity index (χ2v) is 5.96. The van der Waals surface area contributed by atoms with Crippen molar-refractivity contribution in [3.8, 4) is 5.75 Å². The third-order valence-electron chi connectivity index (χ3n) is 4.36. The zero-order valence-electron chi connectivity index (χ0n) is 11.9. The minimum Gasteiger partial charge on any atom is -0.497 e. The van der Waals surface area contributed by atoms with Gasteiger partial charge in [-0.2, -0.15) is 0 Å². The molecular formula is C17H21NO. The van der Waals surface area contributed by atoms with Crippen molar-refractivity contribution < 1.29 is 4.74 Å². The van der Waals surface area contributed by atoms with E-state index < -0.39 is 0 Å². The van der Waals surface area contributed by atoms with Crippen molar-refractivity contribution in [1.82, 2.24) is 5.32 Å². The largest absolute Gasteiger partial charge is 0.497 e. The fourth-order valence-corrected chi connectivity index (χ4v) is 3.19. The summed E-state index contributed by atoms with van der Waals surface area (Å²) in [6.07, 6.45) is 1.22. The van der Waals surface area contributed by atoms with E-state index in [0.29, 0.717) is 5.92 Å². The Hall–Kier alpha value is -1.54. The highest BCUT2D eigenvalue weighted by atomic mass is 16.5. The van der Waals surface area contributed by atoms with E-state index >= 15 is 0 Å². The molecule has 0 aromatic heterocycles. The summed E-state index contributed by atoms with van der Waals surface area (Å²) in [5.41, 5.74) is 1.63. The first-order valence-corrected chi connectivity index (χ1v) is 6.93. The van der Waals surface area contributed by atoms with Gasteiger partial charge in [0.15, 0.2) is 0 Å². The van der Waals surface area contributed by atoms with Crippen LogP contribution in [0.1, 0.15) is 31.7 Å². The standard InChI is InChI=1S/C17H21NO/c1-17(2)16(8-9-18-17)14-5-4-13-11-15(19-3)7-6-12(13)10-14/h4-7,10-11,16,18H,8-9H2,1-3H3. The van der Waals surface area contributed by atoms with Crippen molar-refractivity contribution in [3.05, 3.63) is 42.0 Å². The van der Waals surface area contributed by atoms with Gasteiger partial charge in [0.25, 0.3) is 0 Å². The molecule has 1 fully saturated rings. The second kappa shape index (κ2) is 4.53. The summed E-state index contributed by atoms with van der Waals surface area (Å²) in [5, 5.41) is 6.13. The summed E-state index contributed by atoms with van der Waals surface area (Å²) in [7, 11) is 1.71. The first-order chi connectivity index (χ1) is 9.10. The zero-order chi connectivity index (χ0) is 13.5. The first-order valence-electron chi connectivity index (χ1n) is 6.93. The monoisotopic (exact) mass is 255 g/mol. The Kier molecular flexibility index (Phi) is 2.98. The fraction of sp³-hybridized carbons (Fsp3) is 0.412. The molecule has 1 atom stereocenters. The molecule has 0 bridgehead atoms. The number of nitrogens with one attached hydrogen (secondary N) is 1. The number of benzene rings is 2. The minimum absolute atomic E-state index is 0.195. The van der Waals surface area contributed by atoms with Gasteiger partial charge in [0.05, 0.1) is 7.11 Å². The third-order valence-corrected chi connectivity index (χ3v) is 4.36. The number of hydrogen-bond donors (Lipinski definition) is 1. The average molecular weight is 255 g/mol. The summed E-state index contributed by atoms with van der Waals surface area (Å²) in [4.78, 5) is 0. The summed E-state index contributed by atoms with van der Waals surface area (Å²) in [6, 6.07) is 13.1. The van der Waals surface area contributed by atoms with Crippen LogP contribution in [0.5, 0.6) is 5.75 Å². The van der Waals surface area contributed by atoms with Gasteiger partial charge in [-0.05, 0) is 55.3 Å². The Morgan fingerprint density at radius 1 is 1.11 bits per heavy atom. The van der Waals surface area contributed by atoms with Crippen LogP contribution in [0.3, 0.4) is 0 Å². The van der Waals surface area contributed by atoms with Gasteiger partial charge >= 0.3 is 0 Å². The molecule has 1 N–H and O–H groups in total. The molecule has 1 aliphatic rings. The van der Waals surface area contributed by atoms with Gasteiger partial charge in [0.1, 0.15) is 5.75 Å². The van der Waals surface area contributed by atoms with Crippen LogP contribution in [0.15, 0.2) is 36.4 Å². The first kappa shape index (κ1) is 12.5. The Labute approximate surface area is 114 Å². The van der Waals surface area contributed by atoms with E-state index in [4.69, 9.17) is 4.74 Å². The molecule has 2 nitrogen and oxygen atoms in total. The van der Waals surface area contributed by atoms with Gasteiger partial charge in [-0.25, -0.2) is 0 Å². The zero-order valence-corrected chi connectivity index (χ0v) is 11.9. The fourth-order valence-electron chi connectivity index (χ4n) is 3.19. The van der Waals surface area contributed by atoms with Crippen LogP contribution < -0.4 is 10.1 Å². The topological polar surface area (TPSA) is 21.3 Å². The number of rotatable bonds is 2.